The molecule has 116 valence electrons. The van der Waals surface area contributed by atoms with E-state index < -0.39 is 0 Å². The summed E-state index contributed by atoms with van der Waals surface area (Å²) in [6.07, 6.45) is 4.65. The standard InChI is InChI=1S/C16H24N2O3/c1-11-3-6-13(7-4-11)21-10-16(19)18-14-8-5-12(17)9-15(14)20-2/h5,8-9,11,13H,3-4,6-7,10,17H2,1-2H3,(H,18,19). The van der Waals surface area contributed by atoms with Gasteiger partial charge >= 0.3 is 0 Å². The molecule has 1 saturated carbocycles. The number of carbonyl (C=O) groups excluding carboxylic acids is 1. The van der Waals surface area contributed by atoms with Gasteiger partial charge in [-0.15, -0.1) is 0 Å². The number of amides is 1. The second-order valence-corrected chi connectivity index (χ2v) is 5.70. The Hall–Kier alpha value is -1.75. The molecule has 3 N–H and O–H groups in total. The summed E-state index contributed by atoms with van der Waals surface area (Å²) in [5, 5.41) is 2.79. The number of carbonyl (C=O) groups is 1. The Balaban J connectivity index is 1.82. The highest BCUT2D eigenvalue weighted by Crippen LogP contribution is 2.27. The lowest BCUT2D eigenvalue weighted by atomic mass is 9.89. The highest BCUT2D eigenvalue weighted by Gasteiger charge is 2.19. The summed E-state index contributed by atoms with van der Waals surface area (Å²) >= 11 is 0. The van der Waals surface area contributed by atoms with Crippen LogP contribution in [-0.2, 0) is 9.53 Å². The lowest BCUT2D eigenvalue weighted by Crippen LogP contribution is -2.26. The van der Waals surface area contributed by atoms with Crippen molar-refractivity contribution in [1.29, 1.82) is 0 Å². The zero-order chi connectivity index (χ0) is 15.2. The van der Waals surface area contributed by atoms with Gasteiger partial charge in [0, 0.05) is 11.8 Å². The summed E-state index contributed by atoms with van der Waals surface area (Å²) < 4.78 is 10.9. The number of ether oxygens (including phenoxy) is 2. The summed E-state index contributed by atoms with van der Waals surface area (Å²) in [5.74, 6) is 1.16. The number of nitrogens with two attached hydrogens (primary N) is 1. The number of benzene rings is 1. The molecule has 0 aliphatic heterocycles. The number of rotatable bonds is 5. The van der Waals surface area contributed by atoms with Crippen molar-refractivity contribution in [3.05, 3.63) is 18.2 Å². The van der Waals surface area contributed by atoms with Crippen LogP contribution in [0.2, 0.25) is 0 Å². The second kappa shape index (κ2) is 7.31. The van der Waals surface area contributed by atoms with Crippen LogP contribution in [0.5, 0.6) is 5.75 Å². The van der Waals surface area contributed by atoms with Crippen LogP contribution in [0.25, 0.3) is 0 Å². The highest BCUT2D eigenvalue weighted by atomic mass is 16.5. The quantitative estimate of drug-likeness (QED) is 0.818. The van der Waals surface area contributed by atoms with E-state index in [9.17, 15) is 4.79 Å². The van der Waals surface area contributed by atoms with Gasteiger partial charge in [-0.25, -0.2) is 0 Å². The van der Waals surface area contributed by atoms with Crippen molar-refractivity contribution in [2.75, 3.05) is 24.8 Å². The minimum atomic E-state index is -0.170. The number of methoxy groups -OCH3 is 1. The monoisotopic (exact) mass is 292 g/mol. The van der Waals surface area contributed by atoms with E-state index in [1.807, 2.05) is 0 Å². The SMILES string of the molecule is COc1cc(N)ccc1NC(=O)COC1CCC(C)CC1. The molecule has 0 radical (unpaired) electrons. The molecule has 0 atom stereocenters. The van der Waals surface area contributed by atoms with E-state index in [-0.39, 0.29) is 18.6 Å². The molecule has 0 aromatic heterocycles. The maximum Gasteiger partial charge on any atom is 0.250 e. The van der Waals surface area contributed by atoms with Crippen molar-refractivity contribution in [3.8, 4) is 5.75 Å². The first-order valence-electron chi connectivity index (χ1n) is 7.43. The minimum absolute atomic E-state index is 0.0760. The molecule has 0 heterocycles. The zero-order valence-electron chi connectivity index (χ0n) is 12.7. The Labute approximate surface area is 125 Å². The first-order valence-corrected chi connectivity index (χ1v) is 7.43. The molecule has 1 aromatic carbocycles. The van der Waals surface area contributed by atoms with Crippen LogP contribution >= 0.6 is 0 Å². The van der Waals surface area contributed by atoms with Crippen LogP contribution in [0.1, 0.15) is 32.6 Å². The first kappa shape index (κ1) is 15.6. The van der Waals surface area contributed by atoms with Gasteiger partial charge in [0.05, 0.1) is 18.9 Å². The minimum Gasteiger partial charge on any atom is -0.494 e. The Morgan fingerprint density at radius 3 is 2.71 bits per heavy atom. The van der Waals surface area contributed by atoms with E-state index >= 15 is 0 Å². The van der Waals surface area contributed by atoms with Gasteiger partial charge in [0.15, 0.2) is 0 Å². The van der Waals surface area contributed by atoms with E-state index in [0.29, 0.717) is 17.1 Å². The zero-order valence-corrected chi connectivity index (χ0v) is 12.7. The van der Waals surface area contributed by atoms with Gasteiger partial charge in [0.2, 0.25) is 5.91 Å². The van der Waals surface area contributed by atoms with Crippen LogP contribution in [0.3, 0.4) is 0 Å². The van der Waals surface area contributed by atoms with Crippen LogP contribution in [-0.4, -0.2) is 25.7 Å². The van der Waals surface area contributed by atoms with Crippen molar-refractivity contribution in [3.63, 3.8) is 0 Å². The molecule has 2 rings (SSSR count). The highest BCUT2D eigenvalue weighted by molar-refractivity contribution is 5.93. The maximum atomic E-state index is 11.9. The van der Waals surface area contributed by atoms with Crippen LogP contribution in [0.4, 0.5) is 11.4 Å². The van der Waals surface area contributed by atoms with Crippen molar-refractivity contribution >= 4 is 17.3 Å². The fourth-order valence-electron chi connectivity index (χ4n) is 2.59. The summed E-state index contributed by atoms with van der Waals surface area (Å²) in [4.78, 5) is 11.9. The molecular formula is C16H24N2O3. The molecule has 1 aliphatic carbocycles. The molecule has 1 aliphatic rings. The Kier molecular flexibility index (Phi) is 5.44. The summed E-state index contributed by atoms with van der Waals surface area (Å²) in [5.41, 5.74) is 6.89. The van der Waals surface area contributed by atoms with E-state index in [2.05, 4.69) is 12.2 Å². The molecule has 0 unspecified atom stereocenters. The van der Waals surface area contributed by atoms with Gasteiger partial charge in [-0.2, -0.15) is 0 Å². The van der Waals surface area contributed by atoms with Crippen LogP contribution in [0.15, 0.2) is 18.2 Å². The molecule has 1 fully saturated rings. The van der Waals surface area contributed by atoms with E-state index in [1.165, 1.54) is 12.8 Å². The Bertz CT molecular complexity index is 482. The third kappa shape index (κ3) is 4.63. The summed E-state index contributed by atoms with van der Waals surface area (Å²) in [6.45, 7) is 2.34. The number of nitrogens with one attached hydrogen (secondary N) is 1. The van der Waals surface area contributed by atoms with E-state index in [1.54, 1.807) is 25.3 Å². The molecule has 0 bridgehead atoms. The van der Waals surface area contributed by atoms with Gasteiger partial charge in [-0.05, 0) is 43.7 Å². The molecule has 1 aromatic rings. The summed E-state index contributed by atoms with van der Waals surface area (Å²) in [7, 11) is 1.55. The van der Waals surface area contributed by atoms with Gasteiger partial charge < -0.3 is 20.5 Å². The molecular weight excluding hydrogens is 268 g/mol. The van der Waals surface area contributed by atoms with Crippen molar-refractivity contribution in [2.45, 2.75) is 38.7 Å². The molecule has 0 spiro atoms. The van der Waals surface area contributed by atoms with Crippen molar-refractivity contribution in [2.24, 2.45) is 5.92 Å². The normalized spacial score (nSPS) is 21.8. The first-order chi connectivity index (χ1) is 10.1. The Morgan fingerprint density at radius 1 is 1.33 bits per heavy atom. The molecule has 21 heavy (non-hydrogen) atoms. The van der Waals surface area contributed by atoms with Crippen LogP contribution in [0, 0.1) is 5.92 Å². The average Bonchev–Trinajstić information content (AvgIpc) is 2.48. The molecule has 1 amide bonds. The second-order valence-electron chi connectivity index (χ2n) is 5.70. The van der Waals surface area contributed by atoms with E-state index in [4.69, 9.17) is 15.2 Å². The van der Waals surface area contributed by atoms with Gasteiger partial charge in [0.25, 0.3) is 0 Å². The molecule has 0 saturated heterocycles. The van der Waals surface area contributed by atoms with Gasteiger partial charge in [-0.1, -0.05) is 6.92 Å². The lowest BCUT2D eigenvalue weighted by molar-refractivity contribution is -0.123. The average molecular weight is 292 g/mol. The third-order valence-corrected chi connectivity index (χ3v) is 3.91. The fraction of sp³-hybridized carbons (Fsp3) is 0.562. The number of anilines is 2. The predicted octanol–water partition coefficient (Wildman–Crippen LogP) is 2.81. The number of hydrogen-bond donors (Lipinski definition) is 2. The predicted molar refractivity (Wildman–Crippen MR) is 83.4 cm³/mol. The third-order valence-electron chi connectivity index (χ3n) is 3.91. The molecule has 5 heteroatoms. The maximum absolute atomic E-state index is 11.9. The van der Waals surface area contributed by atoms with Crippen molar-refractivity contribution in [1.82, 2.24) is 0 Å². The fourth-order valence-corrected chi connectivity index (χ4v) is 2.59. The number of nitrogen functional groups attached to an aromatic ring is 1. The smallest absolute Gasteiger partial charge is 0.250 e. The van der Waals surface area contributed by atoms with Gasteiger partial charge in [0.1, 0.15) is 12.4 Å². The van der Waals surface area contributed by atoms with Crippen molar-refractivity contribution < 1.29 is 14.3 Å². The lowest BCUT2D eigenvalue weighted by Gasteiger charge is -2.26. The topological polar surface area (TPSA) is 73.6 Å². The number of hydrogen-bond acceptors (Lipinski definition) is 4. The summed E-state index contributed by atoms with van der Waals surface area (Å²) in [6, 6.07) is 5.13. The molecule has 5 nitrogen and oxygen atoms in total. The van der Waals surface area contributed by atoms with E-state index in [0.717, 1.165) is 18.8 Å². The Morgan fingerprint density at radius 2 is 2.05 bits per heavy atom. The van der Waals surface area contributed by atoms with Crippen LogP contribution < -0.4 is 15.8 Å². The van der Waals surface area contributed by atoms with Gasteiger partial charge in [-0.3, -0.25) is 4.79 Å². The largest absolute Gasteiger partial charge is 0.494 e.